The Morgan fingerprint density at radius 3 is 2.80 bits per heavy atom. The predicted molar refractivity (Wildman–Crippen MR) is 82.1 cm³/mol. The van der Waals surface area contributed by atoms with Gasteiger partial charge in [0.2, 0.25) is 0 Å². The van der Waals surface area contributed by atoms with Crippen molar-refractivity contribution in [3.05, 3.63) is 29.3 Å². The average molecular weight is 292 g/mol. The summed E-state index contributed by atoms with van der Waals surface area (Å²) < 4.78 is 1.13. The normalized spacial score (nSPS) is 15.9. The van der Waals surface area contributed by atoms with E-state index < -0.39 is 11.5 Å². The summed E-state index contributed by atoms with van der Waals surface area (Å²) in [5.74, 6) is -0.813. The Hall–Kier alpha value is -1.46. The van der Waals surface area contributed by atoms with E-state index >= 15 is 0 Å². The number of carboxylic acid groups (broad SMARTS) is 1. The Morgan fingerprint density at radius 1 is 1.50 bits per heavy atom. The number of nitrogens with one attached hydrogen (secondary N) is 1. The topological polar surface area (TPSA) is 62.2 Å². The number of nitrogens with zero attached hydrogens (tertiary/aromatic N) is 1. The lowest BCUT2D eigenvalue weighted by Gasteiger charge is -2.28. The van der Waals surface area contributed by atoms with Crippen LogP contribution in [0.4, 0.5) is 0 Å². The van der Waals surface area contributed by atoms with Crippen LogP contribution in [-0.4, -0.2) is 21.6 Å². The van der Waals surface area contributed by atoms with E-state index in [0.717, 1.165) is 21.6 Å². The molecule has 0 aliphatic heterocycles. The van der Waals surface area contributed by atoms with Crippen LogP contribution >= 0.6 is 11.3 Å². The van der Waals surface area contributed by atoms with Crippen LogP contribution < -0.4 is 5.32 Å². The molecule has 5 heteroatoms. The van der Waals surface area contributed by atoms with Gasteiger partial charge in [-0.15, -0.1) is 11.3 Å². The quantitative estimate of drug-likeness (QED) is 0.854. The molecule has 1 aromatic heterocycles. The number of thiazole rings is 1. The lowest BCUT2D eigenvalue weighted by Crippen LogP contribution is -2.50. The van der Waals surface area contributed by atoms with Crippen LogP contribution in [0.15, 0.2) is 24.3 Å². The van der Waals surface area contributed by atoms with Crippen LogP contribution in [0.2, 0.25) is 0 Å². The summed E-state index contributed by atoms with van der Waals surface area (Å²) >= 11 is 1.61. The van der Waals surface area contributed by atoms with Gasteiger partial charge in [-0.2, -0.15) is 0 Å². The summed E-state index contributed by atoms with van der Waals surface area (Å²) in [4.78, 5) is 16.0. The number of fused-ring (bicyclic) bond motifs is 1. The van der Waals surface area contributed by atoms with Crippen LogP contribution in [0.3, 0.4) is 0 Å². The number of benzene rings is 1. The molecule has 0 spiro atoms. The zero-order valence-electron chi connectivity index (χ0n) is 12.0. The minimum atomic E-state index is -0.911. The van der Waals surface area contributed by atoms with Crippen LogP contribution in [0, 0.1) is 0 Å². The molecule has 2 N–H and O–H groups in total. The number of para-hydroxylation sites is 1. The van der Waals surface area contributed by atoms with E-state index in [9.17, 15) is 9.90 Å². The Bertz CT molecular complexity index is 578. The molecule has 0 bridgehead atoms. The largest absolute Gasteiger partial charge is 0.480 e. The van der Waals surface area contributed by atoms with Crippen molar-refractivity contribution in [3.8, 4) is 0 Å². The van der Waals surface area contributed by atoms with Crippen molar-refractivity contribution < 1.29 is 9.90 Å². The second-order valence-corrected chi connectivity index (χ2v) is 6.34. The van der Waals surface area contributed by atoms with E-state index in [1.165, 1.54) is 0 Å². The number of aliphatic carboxylic acids is 1. The molecule has 1 heterocycles. The van der Waals surface area contributed by atoms with Gasteiger partial charge < -0.3 is 5.11 Å². The molecule has 1 aromatic carbocycles. The van der Waals surface area contributed by atoms with Crippen molar-refractivity contribution in [2.45, 2.75) is 45.2 Å². The van der Waals surface area contributed by atoms with Gasteiger partial charge in [-0.05, 0) is 32.4 Å². The lowest BCUT2D eigenvalue weighted by molar-refractivity contribution is -0.144. The second kappa shape index (κ2) is 5.89. The highest BCUT2D eigenvalue weighted by Gasteiger charge is 2.34. The van der Waals surface area contributed by atoms with Gasteiger partial charge in [-0.25, -0.2) is 4.98 Å². The van der Waals surface area contributed by atoms with Crippen molar-refractivity contribution in [1.82, 2.24) is 10.3 Å². The first-order chi connectivity index (χ1) is 9.46. The first kappa shape index (κ1) is 14.9. The van der Waals surface area contributed by atoms with Gasteiger partial charge in [0.1, 0.15) is 10.5 Å². The van der Waals surface area contributed by atoms with Crippen LogP contribution in [0.25, 0.3) is 10.2 Å². The summed E-state index contributed by atoms with van der Waals surface area (Å²) in [6.45, 7) is 5.70. The van der Waals surface area contributed by atoms with Crippen molar-refractivity contribution in [1.29, 1.82) is 0 Å². The highest BCUT2D eigenvalue weighted by Crippen LogP contribution is 2.28. The third-order valence-electron chi connectivity index (χ3n) is 3.44. The van der Waals surface area contributed by atoms with E-state index in [1.807, 2.05) is 38.1 Å². The number of hydrogen-bond acceptors (Lipinski definition) is 4. The van der Waals surface area contributed by atoms with Gasteiger partial charge in [0, 0.05) is 0 Å². The van der Waals surface area contributed by atoms with Crippen molar-refractivity contribution >= 4 is 27.5 Å². The van der Waals surface area contributed by atoms with Gasteiger partial charge in [-0.3, -0.25) is 10.1 Å². The molecule has 108 valence electrons. The maximum Gasteiger partial charge on any atom is 0.323 e. The average Bonchev–Trinajstić information content (AvgIpc) is 2.82. The highest BCUT2D eigenvalue weighted by molar-refractivity contribution is 7.18. The summed E-state index contributed by atoms with van der Waals surface area (Å²) in [5.41, 5.74) is 0.0557. The smallest absolute Gasteiger partial charge is 0.323 e. The Labute approximate surface area is 122 Å². The van der Waals surface area contributed by atoms with Gasteiger partial charge in [0.25, 0.3) is 0 Å². The first-order valence-corrected chi connectivity index (χ1v) is 7.64. The molecule has 2 aromatic rings. The van der Waals surface area contributed by atoms with E-state index in [-0.39, 0.29) is 6.04 Å². The minimum Gasteiger partial charge on any atom is -0.480 e. The zero-order valence-corrected chi connectivity index (χ0v) is 12.8. The number of aromatic nitrogens is 1. The SMILES string of the molecule is CCCC(C)(NC(C)c1nc2ccccc2s1)C(=O)O. The van der Waals surface area contributed by atoms with Crippen molar-refractivity contribution in [3.63, 3.8) is 0 Å². The predicted octanol–water partition coefficient (Wildman–Crippen LogP) is 3.59. The molecule has 0 saturated heterocycles. The number of rotatable bonds is 6. The lowest BCUT2D eigenvalue weighted by atomic mass is 9.95. The Morgan fingerprint density at radius 2 is 2.20 bits per heavy atom. The number of hydrogen-bond donors (Lipinski definition) is 2. The molecule has 4 nitrogen and oxygen atoms in total. The van der Waals surface area contributed by atoms with E-state index in [1.54, 1.807) is 18.3 Å². The van der Waals surface area contributed by atoms with Gasteiger partial charge in [-0.1, -0.05) is 25.5 Å². The fourth-order valence-corrected chi connectivity index (χ4v) is 3.33. The van der Waals surface area contributed by atoms with Crippen LogP contribution in [0.5, 0.6) is 0 Å². The third-order valence-corrected chi connectivity index (χ3v) is 4.66. The zero-order chi connectivity index (χ0) is 14.8. The van der Waals surface area contributed by atoms with Crippen LogP contribution in [-0.2, 0) is 4.79 Å². The van der Waals surface area contributed by atoms with Crippen LogP contribution in [0.1, 0.15) is 44.7 Å². The molecule has 0 fully saturated rings. The summed E-state index contributed by atoms with van der Waals surface area (Å²) in [6, 6.07) is 7.87. The van der Waals surface area contributed by atoms with Crippen molar-refractivity contribution in [2.75, 3.05) is 0 Å². The molecule has 0 amide bonds. The first-order valence-electron chi connectivity index (χ1n) is 6.83. The number of carbonyl (C=O) groups is 1. The Kier molecular flexibility index (Phi) is 4.40. The summed E-state index contributed by atoms with van der Waals surface area (Å²) in [7, 11) is 0. The molecular weight excluding hydrogens is 272 g/mol. The summed E-state index contributed by atoms with van der Waals surface area (Å²) in [5, 5.41) is 13.6. The summed E-state index contributed by atoms with van der Waals surface area (Å²) in [6.07, 6.45) is 1.42. The standard InChI is InChI=1S/C15H20N2O2S/c1-4-9-15(3,14(18)19)17-10(2)13-16-11-7-5-6-8-12(11)20-13/h5-8,10,17H,4,9H2,1-3H3,(H,18,19). The second-order valence-electron chi connectivity index (χ2n) is 5.27. The third kappa shape index (κ3) is 2.99. The van der Waals surface area contributed by atoms with Gasteiger partial charge in [0.15, 0.2) is 0 Å². The molecule has 0 aliphatic rings. The van der Waals surface area contributed by atoms with Crippen molar-refractivity contribution in [2.24, 2.45) is 0 Å². The molecular formula is C15H20N2O2S. The molecule has 0 saturated carbocycles. The maximum absolute atomic E-state index is 11.5. The van der Waals surface area contributed by atoms with Gasteiger partial charge >= 0.3 is 5.97 Å². The molecule has 20 heavy (non-hydrogen) atoms. The van der Waals surface area contributed by atoms with Gasteiger partial charge in [0.05, 0.1) is 16.3 Å². The maximum atomic E-state index is 11.5. The molecule has 0 radical (unpaired) electrons. The van der Waals surface area contributed by atoms with E-state index in [0.29, 0.717) is 6.42 Å². The molecule has 2 atom stereocenters. The Balaban J connectivity index is 2.22. The molecule has 2 unspecified atom stereocenters. The fraction of sp³-hybridized carbons (Fsp3) is 0.467. The van der Waals surface area contributed by atoms with E-state index in [2.05, 4.69) is 10.3 Å². The number of carboxylic acids is 1. The fourth-order valence-electron chi connectivity index (χ4n) is 2.36. The molecule has 2 rings (SSSR count). The molecule has 0 aliphatic carbocycles. The monoisotopic (exact) mass is 292 g/mol. The highest BCUT2D eigenvalue weighted by atomic mass is 32.1. The van der Waals surface area contributed by atoms with E-state index in [4.69, 9.17) is 0 Å². The minimum absolute atomic E-state index is 0.0833.